The highest BCUT2D eigenvalue weighted by atomic mass is 16.5. The smallest absolute Gasteiger partial charge is 0.224 e. The Morgan fingerprint density at radius 2 is 2.27 bits per heavy atom. The second-order valence-electron chi connectivity index (χ2n) is 4.13. The first kappa shape index (κ1) is 12.5. The molecule has 1 heterocycles. The molecule has 1 aliphatic heterocycles. The van der Waals surface area contributed by atoms with Crippen molar-refractivity contribution in [3.8, 4) is 0 Å². The van der Waals surface area contributed by atoms with Gasteiger partial charge in [-0.2, -0.15) is 0 Å². The van der Waals surface area contributed by atoms with Crippen LogP contribution in [-0.2, 0) is 9.53 Å². The van der Waals surface area contributed by atoms with Crippen molar-refractivity contribution in [2.24, 2.45) is 0 Å². The number of carbonyl (C=O) groups excluding carboxylic acids is 1. The molecule has 1 aliphatic rings. The zero-order chi connectivity index (χ0) is 11.3. The van der Waals surface area contributed by atoms with Crippen molar-refractivity contribution in [2.45, 2.75) is 38.9 Å². The highest BCUT2D eigenvalue weighted by molar-refractivity contribution is 5.76. The number of rotatable bonds is 4. The minimum Gasteiger partial charge on any atom is -0.372 e. The van der Waals surface area contributed by atoms with Crippen molar-refractivity contribution in [3.63, 3.8) is 0 Å². The van der Waals surface area contributed by atoms with Crippen LogP contribution in [0.5, 0.6) is 0 Å². The summed E-state index contributed by atoms with van der Waals surface area (Å²) in [6, 6.07) is 0. The monoisotopic (exact) mass is 214 g/mol. The number of morpholine rings is 1. The average Bonchev–Trinajstić information content (AvgIpc) is 2.24. The minimum atomic E-state index is 0.169. The summed E-state index contributed by atoms with van der Waals surface area (Å²) in [6.45, 7) is 6.36. The highest BCUT2D eigenvalue weighted by Gasteiger charge is 2.26. The highest BCUT2D eigenvalue weighted by Crippen LogP contribution is 2.14. The lowest BCUT2D eigenvalue weighted by Crippen LogP contribution is -2.49. The maximum atomic E-state index is 11.8. The van der Waals surface area contributed by atoms with E-state index < -0.39 is 0 Å². The fourth-order valence-electron chi connectivity index (χ4n) is 1.86. The van der Waals surface area contributed by atoms with E-state index in [4.69, 9.17) is 4.74 Å². The molecule has 0 aromatic heterocycles. The van der Waals surface area contributed by atoms with Crippen LogP contribution in [0, 0.1) is 0 Å². The van der Waals surface area contributed by atoms with E-state index >= 15 is 0 Å². The fourth-order valence-corrected chi connectivity index (χ4v) is 1.86. The molecule has 1 fully saturated rings. The second kappa shape index (κ2) is 6.08. The number of hydrogen-bond acceptors (Lipinski definition) is 3. The first-order valence-electron chi connectivity index (χ1n) is 5.75. The zero-order valence-corrected chi connectivity index (χ0v) is 9.95. The molecule has 1 saturated heterocycles. The van der Waals surface area contributed by atoms with Crippen LogP contribution in [0.4, 0.5) is 0 Å². The van der Waals surface area contributed by atoms with Crippen LogP contribution in [-0.4, -0.2) is 49.7 Å². The van der Waals surface area contributed by atoms with E-state index in [1.807, 2.05) is 18.9 Å². The van der Waals surface area contributed by atoms with Gasteiger partial charge in [0.15, 0.2) is 0 Å². The van der Waals surface area contributed by atoms with Crippen molar-refractivity contribution in [1.82, 2.24) is 10.2 Å². The molecule has 0 aliphatic carbocycles. The molecule has 0 aromatic rings. The van der Waals surface area contributed by atoms with Gasteiger partial charge in [-0.3, -0.25) is 4.79 Å². The van der Waals surface area contributed by atoms with Gasteiger partial charge in [0, 0.05) is 26.1 Å². The molecule has 4 heteroatoms. The van der Waals surface area contributed by atoms with Crippen molar-refractivity contribution >= 4 is 5.91 Å². The predicted molar refractivity (Wildman–Crippen MR) is 59.7 cm³/mol. The fraction of sp³-hybridized carbons (Fsp3) is 0.909. The summed E-state index contributed by atoms with van der Waals surface area (Å²) in [5.41, 5.74) is 0. The Balaban J connectivity index is 2.42. The van der Waals surface area contributed by atoms with Gasteiger partial charge in [-0.25, -0.2) is 0 Å². The molecule has 2 atom stereocenters. The molecule has 2 unspecified atom stereocenters. The van der Waals surface area contributed by atoms with Gasteiger partial charge in [0.25, 0.3) is 0 Å². The van der Waals surface area contributed by atoms with Crippen LogP contribution in [0.2, 0.25) is 0 Å². The number of ether oxygens (including phenoxy) is 1. The van der Waals surface area contributed by atoms with E-state index in [0.29, 0.717) is 6.42 Å². The minimum absolute atomic E-state index is 0.169. The Hall–Kier alpha value is -0.610. The molecule has 1 amide bonds. The van der Waals surface area contributed by atoms with Crippen molar-refractivity contribution < 1.29 is 9.53 Å². The Bertz CT molecular complexity index is 209. The topological polar surface area (TPSA) is 41.6 Å². The van der Waals surface area contributed by atoms with Gasteiger partial charge in [-0.15, -0.1) is 0 Å². The molecule has 0 radical (unpaired) electrons. The van der Waals surface area contributed by atoms with Crippen LogP contribution in [0.15, 0.2) is 0 Å². The van der Waals surface area contributed by atoms with Crippen molar-refractivity contribution in [3.05, 3.63) is 0 Å². The van der Waals surface area contributed by atoms with E-state index in [0.717, 1.165) is 26.1 Å². The summed E-state index contributed by atoms with van der Waals surface area (Å²) < 4.78 is 5.71. The molecule has 1 N–H and O–H groups in total. The third kappa shape index (κ3) is 3.80. The molecule has 0 spiro atoms. The van der Waals surface area contributed by atoms with Gasteiger partial charge in [0.1, 0.15) is 0 Å². The van der Waals surface area contributed by atoms with Crippen LogP contribution in [0.3, 0.4) is 0 Å². The maximum Gasteiger partial charge on any atom is 0.224 e. The summed E-state index contributed by atoms with van der Waals surface area (Å²) in [6.07, 6.45) is 1.94. The van der Waals surface area contributed by atoms with Crippen LogP contribution < -0.4 is 5.32 Å². The van der Waals surface area contributed by atoms with Gasteiger partial charge in [-0.1, -0.05) is 6.92 Å². The van der Waals surface area contributed by atoms with Gasteiger partial charge in [-0.05, 0) is 20.4 Å². The third-order valence-corrected chi connectivity index (χ3v) is 2.72. The normalized spacial score (nSPS) is 26.7. The zero-order valence-electron chi connectivity index (χ0n) is 9.95. The number of hydrogen-bond donors (Lipinski definition) is 1. The van der Waals surface area contributed by atoms with E-state index in [1.54, 1.807) is 0 Å². The van der Waals surface area contributed by atoms with E-state index in [-0.39, 0.29) is 18.1 Å². The quantitative estimate of drug-likeness (QED) is 0.746. The standard InChI is InChI=1S/C11H22N2O2/c1-4-10-8-13(7-9(2)15-10)11(14)5-6-12-3/h9-10,12H,4-8H2,1-3H3. The van der Waals surface area contributed by atoms with E-state index in [2.05, 4.69) is 12.2 Å². The average molecular weight is 214 g/mol. The Morgan fingerprint density at radius 1 is 1.53 bits per heavy atom. The Labute approximate surface area is 92.0 Å². The van der Waals surface area contributed by atoms with Gasteiger partial charge in [0.2, 0.25) is 5.91 Å². The Morgan fingerprint density at radius 3 is 2.87 bits per heavy atom. The molecule has 0 aromatic carbocycles. The van der Waals surface area contributed by atoms with Crippen molar-refractivity contribution in [2.75, 3.05) is 26.7 Å². The number of amides is 1. The van der Waals surface area contributed by atoms with E-state index in [1.165, 1.54) is 0 Å². The molecule has 4 nitrogen and oxygen atoms in total. The molecule has 88 valence electrons. The van der Waals surface area contributed by atoms with Crippen LogP contribution >= 0.6 is 0 Å². The summed E-state index contributed by atoms with van der Waals surface area (Å²) in [5, 5.41) is 3.00. The summed E-state index contributed by atoms with van der Waals surface area (Å²) in [4.78, 5) is 13.7. The molecular weight excluding hydrogens is 192 g/mol. The molecule has 15 heavy (non-hydrogen) atoms. The molecule has 1 rings (SSSR count). The van der Waals surface area contributed by atoms with Crippen molar-refractivity contribution in [1.29, 1.82) is 0 Å². The number of carbonyl (C=O) groups is 1. The maximum absolute atomic E-state index is 11.8. The Kier molecular flexibility index (Phi) is 5.05. The summed E-state index contributed by atoms with van der Waals surface area (Å²) >= 11 is 0. The lowest BCUT2D eigenvalue weighted by atomic mass is 10.1. The van der Waals surface area contributed by atoms with Gasteiger partial charge in [0.05, 0.1) is 12.2 Å². The first-order chi connectivity index (χ1) is 7.17. The third-order valence-electron chi connectivity index (χ3n) is 2.72. The lowest BCUT2D eigenvalue weighted by Gasteiger charge is -2.36. The van der Waals surface area contributed by atoms with E-state index in [9.17, 15) is 4.79 Å². The van der Waals surface area contributed by atoms with Crippen LogP contribution in [0.1, 0.15) is 26.7 Å². The van der Waals surface area contributed by atoms with Gasteiger partial charge < -0.3 is 15.0 Å². The molecular formula is C11H22N2O2. The lowest BCUT2D eigenvalue weighted by molar-refractivity contribution is -0.144. The molecule has 0 saturated carbocycles. The summed E-state index contributed by atoms with van der Waals surface area (Å²) in [7, 11) is 1.87. The molecule has 0 bridgehead atoms. The first-order valence-corrected chi connectivity index (χ1v) is 5.75. The predicted octanol–water partition coefficient (Wildman–Crippen LogP) is 0.622. The summed E-state index contributed by atoms with van der Waals surface area (Å²) in [5.74, 6) is 0.234. The number of nitrogens with one attached hydrogen (secondary N) is 1. The van der Waals surface area contributed by atoms with Gasteiger partial charge >= 0.3 is 0 Å². The van der Waals surface area contributed by atoms with Crippen LogP contribution in [0.25, 0.3) is 0 Å². The second-order valence-corrected chi connectivity index (χ2v) is 4.13. The number of nitrogens with zero attached hydrogens (tertiary/aromatic N) is 1. The largest absolute Gasteiger partial charge is 0.372 e. The SMILES string of the molecule is CCC1CN(C(=O)CCNC)CC(C)O1.